The lowest BCUT2D eigenvalue weighted by atomic mass is 10.0. The predicted molar refractivity (Wildman–Crippen MR) is 60.4 cm³/mol. The van der Waals surface area contributed by atoms with E-state index in [1.165, 1.54) is 17.5 Å². The Morgan fingerprint density at radius 2 is 1.93 bits per heavy atom. The summed E-state index contributed by atoms with van der Waals surface area (Å²) in [4.78, 5) is 0. The van der Waals surface area contributed by atoms with Crippen molar-refractivity contribution in [3.63, 3.8) is 0 Å². The van der Waals surface area contributed by atoms with Crippen molar-refractivity contribution in [2.24, 2.45) is 0 Å². The molecule has 0 unspecified atom stereocenters. The van der Waals surface area contributed by atoms with Crippen LogP contribution < -0.4 is 5.32 Å². The SMILES string of the molecule is c1ccc2c(c1)CCNC2.c1cn[nH]c1. The molecule has 3 rings (SSSR count). The number of fused-ring (bicyclic) bond motifs is 1. The van der Waals surface area contributed by atoms with Gasteiger partial charge in [-0.15, -0.1) is 0 Å². The molecule has 0 atom stereocenters. The van der Waals surface area contributed by atoms with Crippen LogP contribution in [0.4, 0.5) is 0 Å². The number of H-pyrrole nitrogens is 1. The molecule has 15 heavy (non-hydrogen) atoms. The van der Waals surface area contributed by atoms with Gasteiger partial charge in [-0.1, -0.05) is 24.3 Å². The quantitative estimate of drug-likeness (QED) is 0.681. The number of nitrogens with zero attached hydrogens (tertiary/aromatic N) is 1. The lowest BCUT2D eigenvalue weighted by molar-refractivity contribution is 0.644. The first kappa shape index (κ1) is 9.93. The fraction of sp³-hybridized carbons (Fsp3) is 0.250. The molecule has 1 aromatic heterocycles. The molecule has 1 aromatic carbocycles. The topological polar surface area (TPSA) is 40.7 Å². The van der Waals surface area contributed by atoms with Gasteiger partial charge in [0.2, 0.25) is 0 Å². The van der Waals surface area contributed by atoms with Crippen molar-refractivity contribution in [1.82, 2.24) is 15.5 Å². The van der Waals surface area contributed by atoms with Crippen molar-refractivity contribution in [3.8, 4) is 0 Å². The van der Waals surface area contributed by atoms with Crippen LogP contribution in [-0.2, 0) is 13.0 Å². The number of hydrogen-bond donors (Lipinski definition) is 2. The van der Waals surface area contributed by atoms with E-state index >= 15 is 0 Å². The van der Waals surface area contributed by atoms with Crippen molar-refractivity contribution in [2.75, 3.05) is 6.54 Å². The van der Waals surface area contributed by atoms with Crippen LogP contribution >= 0.6 is 0 Å². The zero-order chi connectivity index (χ0) is 10.3. The van der Waals surface area contributed by atoms with E-state index in [1.807, 2.05) is 6.07 Å². The molecule has 0 saturated carbocycles. The summed E-state index contributed by atoms with van der Waals surface area (Å²) < 4.78 is 0. The summed E-state index contributed by atoms with van der Waals surface area (Å²) >= 11 is 0. The molecule has 0 amide bonds. The molecule has 2 aromatic rings. The van der Waals surface area contributed by atoms with Crippen molar-refractivity contribution in [2.45, 2.75) is 13.0 Å². The van der Waals surface area contributed by atoms with Crippen LogP contribution in [0, 0.1) is 0 Å². The van der Waals surface area contributed by atoms with E-state index in [4.69, 9.17) is 0 Å². The summed E-state index contributed by atoms with van der Waals surface area (Å²) in [5.74, 6) is 0. The molecule has 0 saturated heterocycles. The average Bonchev–Trinajstić information content (AvgIpc) is 2.88. The number of aromatic nitrogens is 2. The third-order valence-corrected chi connectivity index (χ3v) is 2.41. The smallest absolute Gasteiger partial charge is 0.0487 e. The van der Waals surface area contributed by atoms with Crippen LogP contribution in [0.15, 0.2) is 42.7 Å². The van der Waals surface area contributed by atoms with E-state index in [-0.39, 0.29) is 0 Å². The van der Waals surface area contributed by atoms with Crippen molar-refractivity contribution in [1.29, 1.82) is 0 Å². The van der Waals surface area contributed by atoms with Gasteiger partial charge in [0.1, 0.15) is 0 Å². The number of hydrogen-bond acceptors (Lipinski definition) is 2. The van der Waals surface area contributed by atoms with E-state index in [0.29, 0.717) is 0 Å². The predicted octanol–water partition coefficient (Wildman–Crippen LogP) is 1.74. The molecule has 3 nitrogen and oxygen atoms in total. The third kappa shape index (κ3) is 2.92. The fourth-order valence-corrected chi connectivity index (χ4v) is 1.64. The van der Waals surface area contributed by atoms with E-state index < -0.39 is 0 Å². The van der Waals surface area contributed by atoms with E-state index in [9.17, 15) is 0 Å². The second kappa shape index (κ2) is 5.32. The molecule has 0 fully saturated rings. The number of benzene rings is 1. The minimum Gasteiger partial charge on any atom is -0.312 e. The normalized spacial score (nSPS) is 13.6. The van der Waals surface area contributed by atoms with Crippen LogP contribution in [0.5, 0.6) is 0 Å². The first-order valence-electron chi connectivity index (χ1n) is 5.18. The molecule has 3 heteroatoms. The van der Waals surface area contributed by atoms with Crippen LogP contribution in [-0.4, -0.2) is 16.7 Å². The summed E-state index contributed by atoms with van der Waals surface area (Å²) in [6, 6.07) is 10.5. The van der Waals surface area contributed by atoms with Gasteiger partial charge in [-0.2, -0.15) is 5.10 Å². The lowest BCUT2D eigenvalue weighted by Gasteiger charge is -2.15. The first-order valence-corrected chi connectivity index (χ1v) is 5.18. The van der Waals surface area contributed by atoms with Crippen LogP contribution in [0.3, 0.4) is 0 Å². The van der Waals surface area contributed by atoms with Crippen molar-refractivity contribution < 1.29 is 0 Å². The van der Waals surface area contributed by atoms with Gasteiger partial charge in [-0.3, -0.25) is 5.10 Å². The highest BCUT2D eigenvalue weighted by Crippen LogP contribution is 2.11. The van der Waals surface area contributed by atoms with E-state index in [0.717, 1.165) is 13.1 Å². The molecule has 0 bridgehead atoms. The Bertz CT molecular complexity index is 339. The molecule has 1 aliphatic rings. The maximum Gasteiger partial charge on any atom is 0.0487 e. The van der Waals surface area contributed by atoms with Crippen molar-refractivity contribution >= 4 is 0 Å². The molecule has 0 aliphatic carbocycles. The Morgan fingerprint density at radius 3 is 2.53 bits per heavy atom. The average molecular weight is 201 g/mol. The summed E-state index contributed by atoms with van der Waals surface area (Å²) in [5.41, 5.74) is 2.98. The second-order valence-corrected chi connectivity index (χ2v) is 3.46. The van der Waals surface area contributed by atoms with E-state index in [2.05, 4.69) is 39.8 Å². The Hall–Kier alpha value is -1.61. The second-order valence-electron chi connectivity index (χ2n) is 3.46. The number of nitrogens with one attached hydrogen (secondary N) is 2. The van der Waals surface area contributed by atoms with E-state index in [1.54, 1.807) is 12.4 Å². The third-order valence-electron chi connectivity index (χ3n) is 2.41. The maximum atomic E-state index is 3.60. The molecule has 0 spiro atoms. The summed E-state index contributed by atoms with van der Waals surface area (Å²) in [6.07, 6.45) is 4.65. The maximum absolute atomic E-state index is 3.60. The van der Waals surface area contributed by atoms with Gasteiger partial charge in [0.25, 0.3) is 0 Å². The van der Waals surface area contributed by atoms with Gasteiger partial charge in [0.15, 0.2) is 0 Å². The van der Waals surface area contributed by atoms with Crippen LogP contribution in [0.1, 0.15) is 11.1 Å². The van der Waals surface area contributed by atoms with Gasteiger partial charge in [-0.05, 0) is 30.2 Å². The first-order chi connectivity index (χ1) is 7.47. The van der Waals surface area contributed by atoms with Gasteiger partial charge in [0.05, 0.1) is 0 Å². The van der Waals surface area contributed by atoms with Gasteiger partial charge >= 0.3 is 0 Å². The summed E-state index contributed by atoms with van der Waals surface area (Å²) in [5, 5.41) is 9.55. The molecular weight excluding hydrogens is 186 g/mol. The highest BCUT2D eigenvalue weighted by Gasteiger charge is 2.05. The van der Waals surface area contributed by atoms with Gasteiger partial charge in [0, 0.05) is 18.9 Å². The highest BCUT2D eigenvalue weighted by atomic mass is 15.1. The number of aromatic amines is 1. The zero-order valence-corrected chi connectivity index (χ0v) is 8.61. The minimum absolute atomic E-state index is 1.05. The zero-order valence-electron chi connectivity index (χ0n) is 8.61. The molecular formula is C12H15N3. The van der Waals surface area contributed by atoms with Gasteiger partial charge < -0.3 is 5.32 Å². The fourth-order valence-electron chi connectivity index (χ4n) is 1.64. The molecule has 2 N–H and O–H groups in total. The Kier molecular flexibility index (Phi) is 3.52. The van der Waals surface area contributed by atoms with Gasteiger partial charge in [-0.25, -0.2) is 0 Å². The Morgan fingerprint density at radius 1 is 1.07 bits per heavy atom. The minimum atomic E-state index is 1.05. The monoisotopic (exact) mass is 201 g/mol. The van der Waals surface area contributed by atoms with Crippen LogP contribution in [0.2, 0.25) is 0 Å². The Labute approximate surface area is 89.5 Å². The van der Waals surface area contributed by atoms with Crippen molar-refractivity contribution in [3.05, 3.63) is 53.9 Å². The summed E-state index contributed by atoms with van der Waals surface area (Å²) in [6.45, 7) is 2.19. The number of rotatable bonds is 0. The molecule has 1 aliphatic heterocycles. The molecule has 78 valence electrons. The largest absolute Gasteiger partial charge is 0.312 e. The van der Waals surface area contributed by atoms with Crippen LogP contribution in [0.25, 0.3) is 0 Å². The standard InChI is InChI=1S/C9H11N.C3H4N2/c1-2-4-9-7-10-6-5-8(9)3-1;1-2-4-5-3-1/h1-4,10H,5-7H2;1-3H,(H,4,5). The molecule has 0 radical (unpaired) electrons. The highest BCUT2D eigenvalue weighted by molar-refractivity contribution is 5.28. The molecule has 2 heterocycles. The Balaban J connectivity index is 0.000000144. The summed E-state index contributed by atoms with van der Waals surface area (Å²) in [7, 11) is 0. The lowest BCUT2D eigenvalue weighted by Crippen LogP contribution is -2.23.